The van der Waals surface area contributed by atoms with Gasteiger partial charge in [0.1, 0.15) is 12.4 Å². The van der Waals surface area contributed by atoms with Crippen molar-refractivity contribution in [2.24, 2.45) is 0 Å². The summed E-state index contributed by atoms with van der Waals surface area (Å²) >= 11 is 0. The molecule has 0 saturated carbocycles. The van der Waals surface area contributed by atoms with E-state index in [2.05, 4.69) is 37.1 Å². The minimum absolute atomic E-state index is 0.0771. The number of anilines is 2. The normalized spacial score (nSPS) is 14.4. The highest BCUT2D eigenvalue weighted by Crippen LogP contribution is 2.24. The second kappa shape index (κ2) is 11.6. The predicted octanol–water partition coefficient (Wildman–Crippen LogP) is 2.70. The van der Waals surface area contributed by atoms with Crippen LogP contribution in [0.5, 0.6) is 11.6 Å². The summed E-state index contributed by atoms with van der Waals surface area (Å²) in [6, 6.07) is 11.0. The van der Waals surface area contributed by atoms with Gasteiger partial charge in [0, 0.05) is 56.2 Å². The summed E-state index contributed by atoms with van der Waals surface area (Å²) in [4.78, 5) is 30.2. The molecule has 1 saturated heterocycles. The molecular weight excluding hydrogens is 448 g/mol. The molecule has 0 unspecified atom stereocenters. The Bertz CT molecular complexity index is 1120. The number of hydrogen-bond donors (Lipinski definition) is 1. The van der Waals surface area contributed by atoms with Crippen LogP contribution >= 0.6 is 0 Å². The van der Waals surface area contributed by atoms with Crippen LogP contribution in [0.3, 0.4) is 0 Å². The van der Waals surface area contributed by atoms with Crippen molar-refractivity contribution in [3.8, 4) is 22.9 Å². The Hall–Kier alpha value is -3.76. The summed E-state index contributed by atoms with van der Waals surface area (Å²) in [5.41, 5.74) is 2.02. The van der Waals surface area contributed by atoms with Crippen LogP contribution in [0.25, 0.3) is 11.3 Å². The van der Waals surface area contributed by atoms with Gasteiger partial charge in [-0.05, 0) is 37.4 Å². The molecular formula is C25H30N6O4. The average molecular weight is 479 g/mol. The van der Waals surface area contributed by atoms with Crippen molar-refractivity contribution in [3.63, 3.8) is 0 Å². The van der Waals surface area contributed by atoms with Crippen LogP contribution in [-0.4, -0.2) is 91.3 Å². The molecule has 35 heavy (non-hydrogen) atoms. The number of nitrogens with one attached hydrogen (secondary N) is 1. The Balaban J connectivity index is 1.40. The van der Waals surface area contributed by atoms with Gasteiger partial charge in [-0.25, -0.2) is 19.7 Å². The Morgan fingerprint density at radius 1 is 1.00 bits per heavy atom. The summed E-state index contributed by atoms with van der Waals surface area (Å²) in [5, 5.41) is 3.15. The second-order valence-electron chi connectivity index (χ2n) is 8.18. The van der Waals surface area contributed by atoms with Crippen molar-refractivity contribution < 1.29 is 19.0 Å². The van der Waals surface area contributed by atoms with Crippen molar-refractivity contribution in [3.05, 3.63) is 54.5 Å². The summed E-state index contributed by atoms with van der Waals surface area (Å²) < 4.78 is 15.9. The lowest BCUT2D eigenvalue weighted by atomic mass is 10.2. The summed E-state index contributed by atoms with van der Waals surface area (Å²) in [5.74, 6) is 0.976. The fourth-order valence-electron chi connectivity index (χ4n) is 3.65. The Morgan fingerprint density at radius 2 is 1.77 bits per heavy atom. The molecule has 0 atom stereocenters. The highest BCUT2D eigenvalue weighted by molar-refractivity contribution is 5.93. The monoisotopic (exact) mass is 478 g/mol. The molecule has 0 spiro atoms. The first-order valence-electron chi connectivity index (χ1n) is 11.4. The Kier molecular flexibility index (Phi) is 8.07. The van der Waals surface area contributed by atoms with E-state index in [1.54, 1.807) is 31.6 Å². The molecule has 2 aromatic heterocycles. The van der Waals surface area contributed by atoms with Gasteiger partial charge in [0.25, 0.3) is 0 Å². The number of carbonyl (C=O) groups excluding carboxylic acids is 1. The highest BCUT2D eigenvalue weighted by atomic mass is 16.5. The first kappa shape index (κ1) is 24.4. The molecule has 1 N–H and O–H groups in total. The van der Waals surface area contributed by atoms with Crippen molar-refractivity contribution >= 4 is 17.5 Å². The number of hydrogen-bond acceptors (Lipinski definition) is 10. The molecule has 0 bridgehead atoms. The van der Waals surface area contributed by atoms with E-state index < -0.39 is 5.97 Å². The smallest absolute Gasteiger partial charge is 0.360 e. The SMILES string of the molecule is COC(=O)c1nc(-c2ccc(OC)nc2)cnc1Nc1ccc(OCCN2CCN(C)CC2)cc1. The van der Waals surface area contributed by atoms with E-state index in [0.29, 0.717) is 29.6 Å². The molecule has 1 fully saturated rings. The van der Waals surface area contributed by atoms with Crippen LogP contribution in [0, 0.1) is 0 Å². The number of rotatable bonds is 9. The van der Waals surface area contributed by atoms with Crippen molar-refractivity contribution in [1.29, 1.82) is 0 Å². The van der Waals surface area contributed by atoms with Gasteiger partial charge in [-0.2, -0.15) is 0 Å². The van der Waals surface area contributed by atoms with E-state index in [9.17, 15) is 4.79 Å². The molecule has 10 heteroatoms. The van der Waals surface area contributed by atoms with Gasteiger partial charge in [-0.3, -0.25) is 4.90 Å². The van der Waals surface area contributed by atoms with E-state index in [1.165, 1.54) is 7.11 Å². The average Bonchev–Trinajstić information content (AvgIpc) is 2.90. The van der Waals surface area contributed by atoms with Crippen LogP contribution in [0.2, 0.25) is 0 Å². The zero-order valence-corrected chi connectivity index (χ0v) is 20.2. The van der Waals surface area contributed by atoms with Crippen molar-refractivity contribution in [2.45, 2.75) is 0 Å². The lowest BCUT2D eigenvalue weighted by molar-refractivity contribution is 0.0595. The number of carbonyl (C=O) groups is 1. The van der Waals surface area contributed by atoms with Crippen LogP contribution in [-0.2, 0) is 4.74 Å². The van der Waals surface area contributed by atoms with E-state index in [4.69, 9.17) is 14.2 Å². The van der Waals surface area contributed by atoms with E-state index in [0.717, 1.165) is 44.2 Å². The number of esters is 1. The topological polar surface area (TPSA) is 102 Å². The Morgan fingerprint density at radius 3 is 2.43 bits per heavy atom. The maximum atomic E-state index is 12.4. The molecule has 0 radical (unpaired) electrons. The Labute approximate surface area is 204 Å². The van der Waals surface area contributed by atoms with Gasteiger partial charge in [0.2, 0.25) is 5.88 Å². The van der Waals surface area contributed by atoms with Crippen molar-refractivity contribution in [1.82, 2.24) is 24.8 Å². The maximum absolute atomic E-state index is 12.4. The van der Waals surface area contributed by atoms with E-state index >= 15 is 0 Å². The van der Waals surface area contributed by atoms with E-state index in [1.807, 2.05) is 24.3 Å². The summed E-state index contributed by atoms with van der Waals surface area (Å²) in [6.45, 7) is 5.86. The van der Waals surface area contributed by atoms with Crippen molar-refractivity contribution in [2.75, 3.05) is 65.9 Å². The zero-order valence-electron chi connectivity index (χ0n) is 20.2. The standard InChI is InChI=1S/C25H30N6O4/c1-30-10-12-31(13-11-30)14-15-35-20-7-5-19(6-8-20)28-24-23(25(32)34-3)29-21(17-27-24)18-4-9-22(33-2)26-16-18/h4-9,16-17H,10-15H2,1-3H3,(H,27,28). The molecule has 1 aliphatic rings. The maximum Gasteiger partial charge on any atom is 0.360 e. The van der Waals surface area contributed by atoms with Gasteiger partial charge < -0.3 is 24.4 Å². The number of ether oxygens (including phenoxy) is 3. The lowest BCUT2D eigenvalue weighted by Crippen LogP contribution is -2.45. The van der Waals surface area contributed by atoms with Crippen LogP contribution in [0.1, 0.15) is 10.5 Å². The lowest BCUT2D eigenvalue weighted by Gasteiger charge is -2.32. The van der Waals surface area contributed by atoms with Gasteiger partial charge in [0.15, 0.2) is 11.5 Å². The third-order valence-electron chi connectivity index (χ3n) is 5.78. The van der Waals surface area contributed by atoms with Gasteiger partial charge in [0.05, 0.1) is 26.1 Å². The zero-order chi connectivity index (χ0) is 24.6. The second-order valence-corrected chi connectivity index (χ2v) is 8.18. The predicted molar refractivity (Wildman–Crippen MR) is 132 cm³/mol. The number of pyridine rings is 1. The first-order chi connectivity index (χ1) is 17.1. The van der Waals surface area contributed by atoms with Gasteiger partial charge >= 0.3 is 5.97 Å². The number of benzene rings is 1. The molecule has 1 aromatic carbocycles. The third-order valence-corrected chi connectivity index (χ3v) is 5.78. The number of nitrogens with zero attached hydrogens (tertiary/aromatic N) is 5. The largest absolute Gasteiger partial charge is 0.492 e. The van der Waals surface area contributed by atoms with Crippen LogP contribution in [0.4, 0.5) is 11.5 Å². The molecule has 10 nitrogen and oxygen atoms in total. The molecule has 184 valence electrons. The minimum atomic E-state index is -0.591. The van der Waals surface area contributed by atoms with Gasteiger partial charge in [-0.15, -0.1) is 0 Å². The van der Waals surface area contributed by atoms with Crippen LogP contribution < -0.4 is 14.8 Å². The number of likely N-dealkylation sites (N-methyl/N-ethyl adjacent to an activating group) is 1. The van der Waals surface area contributed by atoms with Crippen LogP contribution in [0.15, 0.2) is 48.8 Å². The molecule has 0 aliphatic carbocycles. The fourth-order valence-corrected chi connectivity index (χ4v) is 3.65. The molecule has 1 aliphatic heterocycles. The van der Waals surface area contributed by atoms with Gasteiger partial charge in [-0.1, -0.05) is 0 Å². The number of methoxy groups -OCH3 is 2. The van der Waals surface area contributed by atoms with E-state index in [-0.39, 0.29) is 5.69 Å². The summed E-state index contributed by atoms with van der Waals surface area (Å²) in [6.07, 6.45) is 3.19. The fraction of sp³-hybridized carbons (Fsp3) is 0.360. The number of aromatic nitrogens is 3. The summed E-state index contributed by atoms with van der Waals surface area (Å²) in [7, 11) is 5.00. The minimum Gasteiger partial charge on any atom is -0.492 e. The quantitative estimate of drug-likeness (QED) is 0.462. The molecule has 4 rings (SSSR count). The molecule has 3 aromatic rings. The molecule has 0 amide bonds. The third kappa shape index (κ3) is 6.43. The highest BCUT2D eigenvalue weighted by Gasteiger charge is 2.18. The molecule has 3 heterocycles. The first-order valence-corrected chi connectivity index (χ1v) is 11.4. The number of piperazine rings is 1.